The van der Waals surface area contributed by atoms with E-state index in [1.165, 1.54) is 9.21 Å². The maximum Gasteiger partial charge on any atom is 0.349 e. The van der Waals surface area contributed by atoms with Gasteiger partial charge in [0, 0.05) is 53.7 Å². The standard InChI is InChI=1S/C42H43ClN6O11S2/c1-42(2)18-29(45-28-8-4-6-24(16-28)37-35(43)36(60-21-34(52)53)38(61-37)41(56)57)13-14-49(42)62(58,59)22-23-5-3-7-27(15-23)46-33(51)19-44-26-9-10-30-25(17-26)20-48(40(30)55)31-11-12-32(50)47-39(31)54/h3-10,15-17,29,31,44-45H,11-14,18-22H2,1-2H3,(H,46,51)(H,52,53)(H,56,57)(H,47,50,54)/t29-,31?/m0/s1. The fourth-order valence-corrected chi connectivity index (χ4v) is 11.5. The summed E-state index contributed by atoms with van der Waals surface area (Å²) in [6, 6.07) is 18.0. The number of hydrogen-bond acceptors (Lipinski definition) is 12. The van der Waals surface area contributed by atoms with Gasteiger partial charge >= 0.3 is 11.9 Å². The SMILES string of the molecule is CC1(C)C[C@@H](Nc2cccc(-c3sc(C(=O)O)c(OCC(=O)O)c3Cl)c2)CCN1S(=O)(=O)Cc1cccc(NC(=O)CNc2ccc3c(c2)CN(C2CCC(=O)NC2=O)C3=O)c1. The van der Waals surface area contributed by atoms with Crippen molar-refractivity contribution in [3.8, 4) is 16.2 Å². The fraction of sp³-hybridized carbons (Fsp3) is 0.333. The summed E-state index contributed by atoms with van der Waals surface area (Å²) in [4.78, 5) is 74.5. The molecular weight excluding hydrogens is 864 g/mol. The van der Waals surface area contributed by atoms with E-state index in [0.29, 0.717) is 57.0 Å². The summed E-state index contributed by atoms with van der Waals surface area (Å²) in [5, 5.41) is 30.3. The highest BCUT2D eigenvalue weighted by Crippen LogP contribution is 2.46. The van der Waals surface area contributed by atoms with Crippen LogP contribution in [0.2, 0.25) is 5.02 Å². The zero-order valence-corrected chi connectivity index (χ0v) is 35.9. The normalized spacial score (nSPS) is 18.8. The zero-order valence-electron chi connectivity index (χ0n) is 33.5. The highest BCUT2D eigenvalue weighted by molar-refractivity contribution is 7.88. The summed E-state index contributed by atoms with van der Waals surface area (Å²) in [5.41, 5.74) is 3.15. The number of amides is 4. The molecule has 4 aromatic rings. The highest BCUT2D eigenvalue weighted by Gasteiger charge is 2.42. The monoisotopic (exact) mass is 906 g/mol. The largest absolute Gasteiger partial charge is 0.479 e. The molecule has 4 amide bonds. The number of aliphatic carboxylic acids is 1. The second-order valence-electron chi connectivity index (χ2n) is 15.8. The number of sulfonamides is 1. The van der Waals surface area contributed by atoms with E-state index in [-0.39, 0.29) is 77.6 Å². The van der Waals surface area contributed by atoms with Gasteiger partial charge in [-0.3, -0.25) is 24.5 Å². The predicted octanol–water partition coefficient (Wildman–Crippen LogP) is 5.23. The minimum atomic E-state index is -3.82. The summed E-state index contributed by atoms with van der Waals surface area (Å²) in [6.45, 7) is 3.29. The molecule has 2 atom stereocenters. The molecule has 3 aromatic carbocycles. The van der Waals surface area contributed by atoms with E-state index in [9.17, 15) is 42.3 Å². The lowest BCUT2D eigenvalue weighted by Crippen LogP contribution is -2.55. The number of halogens is 1. The molecule has 0 aliphatic carbocycles. The number of thiophene rings is 1. The molecule has 0 bridgehead atoms. The fourth-order valence-electron chi connectivity index (χ4n) is 8.09. The van der Waals surface area contributed by atoms with Crippen molar-refractivity contribution in [1.29, 1.82) is 0 Å². The average Bonchev–Trinajstić information content (AvgIpc) is 3.71. The third-order valence-corrected chi connectivity index (χ3v) is 14.5. The number of aromatic carboxylic acids is 1. The first-order valence-corrected chi connectivity index (χ1v) is 22.4. The number of hydrogen-bond donors (Lipinski definition) is 6. The van der Waals surface area contributed by atoms with E-state index in [1.54, 1.807) is 60.7 Å². The van der Waals surface area contributed by atoms with Crippen LogP contribution in [0.15, 0.2) is 66.7 Å². The van der Waals surface area contributed by atoms with Crippen LogP contribution in [0.1, 0.15) is 70.7 Å². The summed E-state index contributed by atoms with van der Waals surface area (Å²) in [5.74, 6) is -4.62. The second kappa shape index (κ2) is 17.8. The van der Waals surface area contributed by atoms with Crippen LogP contribution in [0.25, 0.3) is 10.4 Å². The lowest BCUT2D eigenvalue weighted by molar-refractivity contribution is -0.139. The van der Waals surface area contributed by atoms with Crippen molar-refractivity contribution in [2.45, 2.75) is 69.5 Å². The summed E-state index contributed by atoms with van der Waals surface area (Å²) < 4.78 is 34.6. The number of imide groups is 1. The number of fused-ring (bicyclic) bond motifs is 1. The zero-order chi connectivity index (χ0) is 44.5. The van der Waals surface area contributed by atoms with Crippen molar-refractivity contribution < 1.29 is 52.1 Å². The predicted molar refractivity (Wildman–Crippen MR) is 231 cm³/mol. The van der Waals surface area contributed by atoms with Gasteiger partial charge < -0.3 is 35.8 Å². The van der Waals surface area contributed by atoms with Crippen molar-refractivity contribution in [2.75, 3.05) is 35.6 Å². The third kappa shape index (κ3) is 9.70. The van der Waals surface area contributed by atoms with Gasteiger partial charge in [-0.25, -0.2) is 18.0 Å². The van der Waals surface area contributed by atoms with Gasteiger partial charge in [-0.05, 0) is 92.3 Å². The van der Waals surface area contributed by atoms with Crippen molar-refractivity contribution >= 4 is 85.6 Å². The van der Waals surface area contributed by atoms with Gasteiger partial charge in [-0.15, -0.1) is 11.3 Å². The molecule has 20 heteroatoms. The van der Waals surface area contributed by atoms with E-state index in [1.807, 2.05) is 19.9 Å². The number of carbonyl (C=O) groups is 6. The smallest absolute Gasteiger partial charge is 0.349 e. The number of piperidine rings is 2. The Balaban J connectivity index is 0.929. The Morgan fingerprint density at radius 2 is 1.74 bits per heavy atom. The van der Waals surface area contributed by atoms with E-state index in [4.69, 9.17) is 21.4 Å². The molecule has 3 aliphatic rings. The Hall–Kier alpha value is -6.02. The van der Waals surface area contributed by atoms with Gasteiger partial charge in [-0.2, -0.15) is 4.31 Å². The van der Waals surface area contributed by atoms with Crippen LogP contribution in [0.3, 0.4) is 0 Å². The van der Waals surface area contributed by atoms with Crippen molar-refractivity contribution in [3.63, 3.8) is 0 Å². The molecule has 1 aromatic heterocycles. The molecule has 6 N–H and O–H groups in total. The second-order valence-corrected chi connectivity index (χ2v) is 19.1. The first-order chi connectivity index (χ1) is 29.4. The Morgan fingerprint density at radius 3 is 2.47 bits per heavy atom. The van der Waals surface area contributed by atoms with Gasteiger partial charge in [0.25, 0.3) is 5.91 Å². The van der Waals surface area contributed by atoms with Crippen LogP contribution in [0.4, 0.5) is 17.1 Å². The van der Waals surface area contributed by atoms with Gasteiger partial charge in [0.1, 0.15) is 11.1 Å². The molecule has 17 nitrogen and oxygen atoms in total. The van der Waals surface area contributed by atoms with Crippen LogP contribution in [-0.4, -0.2) is 101 Å². The Labute approximate surface area is 365 Å². The quantitative estimate of drug-likeness (QED) is 0.0840. The topological polar surface area (TPSA) is 241 Å². The number of carboxylic acid groups (broad SMARTS) is 2. The maximum absolute atomic E-state index is 13.9. The summed E-state index contributed by atoms with van der Waals surface area (Å²) in [6.07, 6.45) is 1.37. The number of benzene rings is 3. The minimum absolute atomic E-state index is 0.00883. The number of rotatable bonds is 15. The molecule has 4 heterocycles. The van der Waals surface area contributed by atoms with Crippen molar-refractivity contribution in [2.24, 2.45) is 0 Å². The highest BCUT2D eigenvalue weighted by atomic mass is 35.5. The van der Waals surface area contributed by atoms with E-state index < -0.39 is 46.1 Å². The van der Waals surface area contributed by atoms with E-state index >= 15 is 0 Å². The van der Waals surface area contributed by atoms with Gasteiger partial charge in [0.05, 0.1) is 17.2 Å². The van der Waals surface area contributed by atoms with Crippen LogP contribution >= 0.6 is 22.9 Å². The molecule has 3 aliphatic heterocycles. The van der Waals surface area contributed by atoms with Crippen LogP contribution in [-0.2, 0) is 41.5 Å². The van der Waals surface area contributed by atoms with Crippen LogP contribution in [0, 0.1) is 0 Å². The molecule has 7 rings (SSSR count). The average molecular weight is 907 g/mol. The Kier molecular flexibility index (Phi) is 12.6. The molecule has 0 radical (unpaired) electrons. The first-order valence-electron chi connectivity index (χ1n) is 19.6. The molecule has 326 valence electrons. The van der Waals surface area contributed by atoms with E-state index in [2.05, 4.69) is 21.3 Å². The minimum Gasteiger partial charge on any atom is -0.479 e. The molecular formula is C42H43ClN6O11S2. The third-order valence-electron chi connectivity index (χ3n) is 10.8. The molecule has 2 saturated heterocycles. The number of nitrogens with one attached hydrogen (secondary N) is 4. The Morgan fingerprint density at radius 1 is 0.984 bits per heavy atom. The molecule has 62 heavy (non-hydrogen) atoms. The molecule has 0 saturated carbocycles. The first kappa shape index (κ1) is 44.0. The van der Waals surface area contributed by atoms with Gasteiger partial charge in [0.2, 0.25) is 27.7 Å². The number of carbonyl (C=O) groups excluding carboxylic acids is 4. The van der Waals surface area contributed by atoms with Gasteiger partial charge in [-0.1, -0.05) is 35.9 Å². The van der Waals surface area contributed by atoms with E-state index in [0.717, 1.165) is 11.3 Å². The van der Waals surface area contributed by atoms with Crippen molar-refractivity contribution in [3.05, 3.63) is 93.3 Å². The van der Waals surface area contributed by atoms with Gasteiger partial charge in [0.15, 0.2) is 17.2 Å². The van der Waals surface area contributed by atoms with Crippen LogP contribution in [0.5, 0.6) is 5.75 Å². The number of nitrogens with zero attached hydrogens (tertiary/aromatic N) is 2. The number of ether oxygens (including phenoxy) is 1. The van der Waals surface area contributed by atoms with Crippen LogP contribution < -0.4 is 26.0 Å². The summed E-state index contributed by atoms with van der Waals surface area (Å²) >= 11 is 7.37. The lowest BCUT2D eigenvalue weighted by atomic mass is 9.89. The van der Waals surface area contributed by atoms with Crippen molar-refractivity contribution in [1.82, 2.24) is 14.5 Å². The number of anilines is 3. The maximum atomic E-state index is 13.9. The lowest BCUT2D eigenvalue weighted by Gasteiger charge is -2.45. The summed E-state index contributed by atoms with van der Waals surface area (Å²) in [7, 11) is -3.82. The molecule has 2 fully saturated rings. The Bertz CT molecular complexity index is 2600. The molecule has 0 spiro atoms. The number of carboxylic acids is 2. The molecule has 1 unspecified atom stereocenters.